The third-order valence-corrected chi connectivity index (χ3v) is 5.32. The van der Waals surface area contributed by atoms with Crippen molar-refractivity contribution in [2.45, 2.75) is 89.9 Å². The van der Waals surface area contributed by atoms with Crippen molar-refractivity contribution in [3.05, 3.63) is 23.8 Å². The summed E-state index contributed by atoms with van der Waals surface area (Å²) in [5, 5.41) is 9.75. The van der Waals surface area contributed by atoms with Crippen molar-refractivity contribution in [2.24, 2.45) is 5.92 Å². The van der Waals surface area contributed by atoms with E-state index in [0.29, 0.717) is 0 Å². The van der Waals surface area contributed by atoms with Crippen molar-refractivity contribution >= 4 is 0 Å². The van der Waals surface area contributed by atoms with Crippen molar-refractivity contribution in [3.63, 3.8) is 0 Å². The van der Waals surface area contributed by atoms with E-state index in [1.807, 2.05) is 12.4 Å². The van der Waals surface area contributed by atoms with Crippen LogP contribution in [0.3, 0.4) is 0 Å². The van der Waals surface area contributed by atoms with E-state index in [-0.39, 0.29) is 0 Å². The normalized spacial score (nSPS) is 24.3. The number of rotatable bonds is 8. The quantitative estimate of drug-likeness (QED) is 0.608. The highest BCUT2D eigenvalue weighted by Crippen LogP contribution is 2.41. The van der Waals surface area contributed by atoms with E-state index >= 15 is 0 Å². The van der Waals surface area contributed by atoms with Gasteiger partial charge in [0.05, 0.1) is 6.07 Å². The smallest absolute Gasteiger partial charge is 0.148 e. The van der Waals surface area contributed by atoms with Gasteiger partial charge >= 0.3 is 0 Å². The molecule has 0 atom stereocenters. The molecule has 0 aliphatic heterocycles. The van der Waals surface area contributed by atoms with Crippen LogP contribution >= 0.6 is 0 Å². The molecule has 3 heteroatoms. The number of hydrogen-bond donors (Lipinski definition) is 0. The summed E-state index contributed by atoms with van der Waals surface area (Å²) in [6.07, 6.45) is 16.7. The maximum Gasteiger partial charge on any atom is 0.148 e. The summed E-state index contributed by atoms with van der Waals surface area (Å²) in [5.74, 6) is 1.55. The molecule has 1 aliphatic rings. The fourth-order valence-electron chi connectivity index (χ4n) is 3.74. The summed E-state index contributed by atoms with van der Waals surface area (Å²) >= 11 is 0. The third kappa shape index (κ3) is 4.77. The fraction of sp³-hybridized carbons (Fsp3) is 0.750. The maximum atomic E-state index is 9.75. The van der Waals surface area contributed by atoms with Gasteiger partial charge in [0.1, 0.15) is 11.2 Å². The Morgan fingerprint density at radius 1 is 1.09 bits per heavy atom. The minimum absolute atomic E-state index is 0.440. The van der Waals surface area contributed by atoms with E-state index in [1.165, 1.54) is 44.1 Å². The van der Waals surface area contributed by atoms with Crippen LogP contribution in [0.15, 0.2) is 12.4 Å². The number of aryl methyl sites for hydroxylation is 1. The van der Waals surface area contributed by atoms with Gasteiger partial charge < -0.3 is 0 Å². The zero-order valence-electron chi connectivity index (χ0n) is 14.9. The molecule has 2 rings (SSSR count). The van der Waals surface area contributed by atoms with Gasteiger partial charge in [-0.1, -0.05) is 46.0 Å². The molecule has 126 valence electrons. The summed E-state index contributed by atoms with van der Waals surface area (Å²) in [4.78, 5) is 9.16. The van der Waals surface area contributed by atoms with Gasteiger partial charge in [-0.05, 0) is 50.0 Å². The predicted octanol–water partition coefficient (Wildman–Crippen LogP) is 5.35. The zero-order valence-corrected chi connectivity index (χ0v) is 14.9. The summed E-state index contributed by atoms with van der Waals surface area (Å²) in [5.41, 5.74) is 0.767. The molecule has 23 heavy (non-hydrogen) atoms. The molecule has 3 nitrogen and oxygen atoms in total. The van der Waals surface area contributed by atoms with Crippen LogP contribution in [0.1, 0.15) is 89.4 Å². The monoisotopic (exact) mass is 313 g/mol. The highest BCUT2D eigenvalue weighted by Gasteiger charge is 2.39. The molecule has 0 bridgehead atoms. The Bertz CT molecular complexity index is 493. The first-order valence-corrected chi connectivity index (χ1v) is 9.46. The largest absolute Gasteiger partial charge is 0.239 e. The first-order valence-electron chi connectivity index (χ1n) is 9.46. The standard InChI is InChI=1S/C20H31N3/c1-3-5-6-7-9-18-14-22-19(23-15-18)20(16-21)12-10-17(8-4-2)11-13-20/h14-15,17H,3-13H2,1-2H3. The lowest BCUT2D eigenvalue weighted by Crippen LogP contribution is -2.32. The maximum absolute atomic E-state index is 9.75. The Balaban J connectivity index is 1.95. The molecule has 0 unspecified atom stereocenters. The number of aromatic nitrogens is 2. The SMILES string of the molecule is CCCCCCc1cnc(C2(C#N)CCC(CCC)CC2)nc1. The fourth-order valence-corrected chi connectivity index (χ4v) is 3.74. The number of nitriles is 1. The topological polar surface area (TPSA) is 49.6 Å². The van der Waals surface area contributed by atoms with Gasteiger partial charge in [-0.25, -0.2) is 9.97 Å². The van der Waals surface area contributed by atoms with Crippen LogP contribution in [0.4, 0.5) is 0 Å². The van der Waals surface area contributed by atoms with Crippen molar-refractivity contribution in [2.75, 3.05) is 0 Å². The first-order chi connectivity index (χ1) is 11.2. The lowest BCUT2D eigenvalue weighted by molar-refractivity contribution is 0.257. The molecular formula is C20H31N3. The molecule has 1 aromatic rings. The van der Waals surface area contributed by atoms with Crippen LogP contribution in [-0.2, 0) is 11.8 Å². The van der Waals surface area contributed by atoms with E-state index in [2.05, 4.69) is 29.9 Å². The van der Waals surface area contributed by atoms with Crippen LogP contribution in [0, 0.1) is 17.2 Å². The second-order valence-electron chi connectivity index (χ2n) is 7.15. The molecule has 0 spiro atoms. The van der Waals surface area contributed by atoms with Crippen molar-refractivity contribution in [1.29, 1.82) is 5.26 Å². The highest BCUT2D eigenvalue weighted by atomic mass is 14.9. The lowest BCUT2D eigenvalue weighted by Gasteiger charge is -2.33. The van der Waals surface area contributed by atoms with Crippen molar-refractivity contribution in [3.8, 4) is 6.07 Å². The summed E-state index contributed by atoms with van der Waals surface area (Å²) in [6.45, 7) is 4.48. The first kappa shape index (κ1) is 17.9. The van der Waals surface area contributed by atoms with Crippen LogP contribution in [0.5, 0.6) is 0 Å². The van der Waals surface area contributed by atoms with Crippen LogP contribution in [0.25, 0.3) is 0 Å². The van der Waals surface area contributed by atoms with E-state index in [0.717, 1.165) is 43.8 Å². The molecular weight excluding hydrogens is 282 g/mol. The molecule has 1 aliphatic carbocycles. The van der Waals surface area contributed by atoms with Gasteiger partial charge in [-0.2, -0.15) is 5.26 Å². The molecule has 0 aromatic carbocycles. The van der Waals surface area contributed by atoms with Gasteiger partial charge in [0, 0.05) is 12.4 Å². The molecule has 0 saturated heterocycles. The molecule has 1 saturated carbocycles. The number of unbranched alkanes of at least 4 members (excludes halogenated alkanes) is 3. The molecule has 1 fully saturated rings. The van der Waals surface area contributed by atoms with Gasteiger partial charge in [-0.15, -0.1) is 0 Å². The minimum atomic E-state index is -0.440. The Hall–Kier alpha value is -1.43. The molecule has 0 radical (unpaired) electrons. The second kappa shape index (κ2) is 9.01. The summed E-state index contributed by atoms with van der Waals surface area (Å²) in [6, 6.07) is 2.55. The second-order valence-corrected chi connectivity index (χ2v) is 7.15. The van der Waals surface area contributed by atoms with Crippen molar-refractivity contribution in [1.82, 2.24) is 9.97 Å². The van der Waals surface area contributed by atoms with E-state index in [9.17, 15) is 5.26 Å². The van der Waals surface area contributed by atoms with E-state index in [1.54, 1.807) is 0 Å². The van der Waals surface area contributed by atoms with Gasteiger partial charge in [0.2, 0.25) is 0 Å². The van der Waals surface area contributed by atoms with E-state index in [4.69, 9.17) is 0 Å². The summed E-state index contributed by atoms with van der Waals surface area (Å²) in [7, 11) is 0. The lowest BCUT2D eigenvalue weighted by atomic mass is 9.70. The Kier molecular flexibility index (Phi) is 7.02. The zero-order chi connectivity index (χ0) is 16.5. The van der Waals surface area contributed by atoms with Crippen LogP contribution in [0.2, 0.25) is 0 Å². The van der Waals surface area contributed by atoms with Crippen LogP contribution in [-0.4, -0.2) is 9.97 Å². The minimum Gasteiger partial charge on any atom is -0.239 e. The molecule has 0 amide bonds. The van der Waals surface area contributed by atoms with E-state index < -0.39 is 5.41 Å². The Morgan fingerprint density at radius 2 is 1.78 bits per heavy atom. The molecule has 1 aromatic heterocycles. The average Bonchev–Trinajstić information content (AvgIpc) is 2.60. The summed E-state index contributed by atoms with van der Waals surface area (Å²) < 4.78 is 0. The molecule has 0 N–H and O–H groups in total. The van der Waals surface area contributed by atoms with Crippen LogP contribution < -0.4 is 0 Å². The number of nitrogens with zero attached hydrogens (tertiary/aromatic N) is 3. The van der Waals surface area contributed by atoms with Gasteiger partial charge in [0.15, 0.2) is 0 Å². The third-order valence-electron chi connectivity index (χ3n) is 5.32. The predicted molar refractivity (Wildman–Crippen MR) is 94.0 cm³/mol. The Labute approximate surface area is 141 Å². The Morgan fingerprint density at radius 3 is 2.35 bits per heavy atom. The molecule has 1 heterocycles. The average molecular weight is 313 g/mol. The van der Waals surface area contributed by atoms with Gasteiger partial charge in [-0.3, -0.25) is 0 Å². The van der Waals surface area contributed by atoms with Crippen molar-refractivity contribution < 1.29 is 0 Å². The number of hydrogen-bond acceptors (Lipinski definition) is 3. The highest BCUT2D eigenvalue weighted by molar-refractivity contribution is 5.22. The van der Waals surface area contributed by atoms with Gasteiger partial charge in [0.25, 0.3) is 0 Å².